The molecule has 3 heterocycles. The second-order valence-electron chi connectivity index (χ2n) is 8.00. The van der Waals surface area contributed by atoms with E-state index in [4.69, 9.17) is 14.5 Å². The lowest BCUT2D eigenvalue weighted by molar-refractivity contribution is -0.134. The summed E-state index contributed by atoms with van der Waals surface area (Å²) in [6, 6.07) is -0.135. The van der Waals surface area contributed by atoms with Crippen molar-refractivity contribution >= 4 is 28.8 Å². The number of carbonyl (C=O) groups excluding carboxylic acids is 2. The van der Waals surface area contributed by atoms with Gasteiger partial charge < -0.3 is 29.6 Å². The van der Waals surface area contributed by atoms with E-state index >= 15 is 0 Å². The highest BCUT2D eigenvalue weighted by molar-refractivity contribution is 6.04. The summed E-state index contributed by atoms with van der Waals surface area (Å²) in [4.78, 5) is 41.0. The highest BCUT2D eigenvalue weighted by atomic mass is 16.5. The number of aromatic amines is 1. The number of fused-ring (bicyclic) bond motifs is 1. The average Bonchev–Trinajstić information content (AvgIpc) is 3.16. The highest BCUT2D eigenvalue weighted by Gasteiger charge is 2.40. The van der Waals surface area contributed by atoms with E-state index in [0.29, 0.717) is 55.4 Å². The maximum absolute atomic E-state index is 12.7. The lowest BCUT2D eigenvalue weighted by Gasteiger charge is -2.48. The van der Waals surface area contributed by atoms with Gasteiger partial charge in [-0.2, -0.15) is 0 Å². The molecule has 168 valence electrons. The van der Waals surface area contributed by atoms with Crippen molar-refractivity contribution in [2.24, 2.45) is 0 Å². The van der Waals surface area contributed by atoms with Crippen molar-refractivity contribution in [1.29, 1.82) is 0 Å². The minimum Gasteiger partial charge on any atom is -0.383 e. The number of rotatable bonds is 8. The predicted octanol–water partition coefficient (Wildman–Crippen LogP) is 0.962. The van der Waals surface area contributed by atoms with Crippen LogP contribution in [-0.2, 0) is 14.3 Å². The Hall–Kier alpha value is -2.98. The fourth-order valence-corrected chi connectivity index (χ4v) is 3.98. The molecule has 0 aliphatic carbocycles. The van der Waals surface area contributed by atoms with Crippen LogP contribution in [-0.4, -0.2) is 90.3 Å². The number of hydrogen-bond acceptors (Lipinski definition) is 7. The van der Waals surface area contributed by atoms with Gasteiger partial charge in [-0.3, -0.25) is 9.59 Å². The summed E-state index contributed by atoms with van der Waals surface area (Å²) in [5.41, 5.74) is 0.904. The second kappa shape index (κ2) is 9.44. The van der Waals surface area contributed by atoms with Crippen LogP contribution >= 0.6 is 0 Å². The van der Waals surface area contributed by atoms with Gasteiger partial charge in [0, 0.05) is 46.1 Å². The summed E-state index contributed by atoms with van der Waals surface area (Å²) in [7, 11) is 3.20. The fourth-order valence-electron chi connectivity index (χ4n) is 3.98. The maximum atomic E-state index is 12.7. The van der Waals surface area contributed by atoms with Crippen LogP contribution in [0.25, 0.3) is 11.2 Å². The van der Waals surface area contributed by atoms with E-state index in [2.05, 4.69) is 26.8 Å². The quantitative estimate of drug-likeness (QED) is 0.600. The molecule has 1 aliphatic heterocycles. The third-order valence-electron chi connectivity index (χ3n) is 5.40. The van der Waals surface area contributed by atoms with Gasteiger partial charge in [0.25, 0.3) is 5.91 Å². The molecule has 0 radical (unpaired) electrons. The Bertz CT molecular complexity index is 960. The van der Waals surface area contributed by atoms with E-state index in [0.717, 1.165) is 0 Å². The largest absolute Gasteiger partial charge is 0.383 e. The number of hydrogen-bond donors (Lipinski definition) is 2. The topological polar surface area (TPSA) is 113 Å². The third-order valence-corrected chi connectivity index (χ3v) is 5.40. The van der Waals surface area contributed by atoms with Crippen LogP contribution < -0.4 is 10.2 Å². The van der Waals surface area contributed by atoms with Gasteiger partial charge in [0.1, 0.15) is 11.3 Å². The van der Waals surface area contributed by atoms with Crippen LogP contribution in [0.1, 0.15) is 24.2 Å². The first-order valence-electron chi connectivity index (χ1n) is 10.1. The van der Waals surface area contributed by atoms with Crippen LogP contribution in [0, 0.1) is 0 Å². The van der Waals surface area contributed by atoms with Crippen LogP contribution in [0.3, 0.4) is 0 Å². The van der Waals surface area contributed by atoms with Crippen molar-refractivity contribution < 1.29 is 19.1 Å². The van der Waals surface area contributed by atoms with E-state index < -0.39 is 5.54 Å². The summed E-state index contributed by atoms with van der Waals surface area (Å²) >= 11 is 0. The second-order valence-corrected chi connectivity index (χ2v) is 8.00. The molecule has 31 heavy (non-hydrogen) atoms. The average molecular weight is 431 g/mol. The van der Waals surface area contributed by atoms with E-state index in [1.165, 1.54) is 6.08 Å². The van der Waals surface area contributed by atoms with Crippen molar-refractivity contribution in [3.63, 3.8) is 0 Å². The number of nitrogens with zero attached hydrogens (tertiary/aromatic N) is 4. The summed E-state index contributed by atoms with van der Waals surface area (Å²) in [5, 5.41) is 2.89. The van der Waals surface area contributed by atoms with Crippen LogP contribution in [0.5, 0.6) is 0 Å². The number of amides is 2. The number of aromatic nitrogens is 3. The van der Waals surface area contributed by atoms with Crippen LogP contribution in [0.2, 0.25) is 0 Å². The zero-order valence-corrected chi connectivity index (χ0v) is 18.5. The minimum absolute atomic E-state index is 0.129. The van der Waals surface area contributed by atoms with Gasteiger partial charge in [0.05, 0.1) is 30.5 Å². The first kappa shape index (κ1) is 22.7. The van der Waals surface area contributed by atoms with Gasteiger partial charge in [-0.05, 0) is 19.9 Å². The molecule has 1 aliphatic rings. The fraction of sp³-hybridized carbons (Fsp3) is 0.524. The third kappa shape index (κ3) is 4.70. The Morgan fingerprint density at radius 1 is 1.39 bits per heavy atom. The van der Waals surface area contributed by atoms with Crippen LogP contribution in [0.4, 0.5) is 5.82 Å². The SMILES string of the molecule is C=CC(=O)N1CCN(c2cnc3[nH]cc(C(=O)NC(C)COC)c3n2)CC1(C)COC. The Morgan fingerprint density at radius 3 is 2.84 bits per heavy atom. The van der Waals surface area contributed by atoms with Gasteiger partial charge in [0.15, 0.2) is 5.65 Å². The number of methoxy groups -OCH3 is 2. The molecule has 2 aromatic rings. The Morgan fingerprint density at radius 2 is 2.16 bits per heavy atom. The molecule has 10 heteroatoms. The van der Waals surface area contributed by atoms with Gasteiger partial charge in [-0.1, -0.05) is 6.58 Å². The molecule has 0 spiro atoms. The first-order chi connectivity index (χ1) is 14.8. The first-order valence-corrected chi connectivity index (χ1v) is 10.1. The van der Waals surface area contributed by atoms with Gasteiger partial charge >= 0.3 is 0 Å². The predicted molar refractivity (Wildman–Crippen MR) is 117 cm³/mol. The highest BCUT2D eigenvalue weighted by Crippen LogP contribution is 2.27. The lowest BCUT2D eigenvalue weighted by Crippen LogP contribution is -2.64. The van der Waals surface area contributed by atoms with E-state index in [1.807, 2.05) is 13.8 Å². The molecule has 0 aromatic carbocycles. The maximum Gasteiger partial charge on any atom is 0.255 e. The number of H-pyrrole nitrogens is 1. The normalized spacial score (nSPS) is 20.0. The molecule has 1 saturated heterocycles. The molecule has 10 nitrogen and oxygen atoms in total. The molecule has 2 N–H and O–H groups in total. The molecule has 0 bridgehead atoms. The smallest absolute Gasteiger partial charge is 0.255 e. The van der Waals surface area contributed by atoms with Crippen LogP contribution in [0.15, 0.2) is 25.0 Å². The summed E-state index contributed by atoms with van der Waals surface area (Å²) in [6.07, 6.45) is 4.61. The number of ether oxygens (including phenoxy) is 2. The van der Waals surface area contributed by atoms with Gasteiger partial charge in [0.2, 0.25) is 5.91 Å². The molecule has 1 fully saturated rings. The molecule has 0 saturated carbocycles. The molecule has 3 rings (SSSR count). The number of carbonyl (C=O) groups is 2. The Kier molecular flexibility index (Phi) is 6.91. The van der Waals surface area contributed by atoms with E-state index in [1.54, 1.807) is 31.5 Å². The van der Waals surface area contributed by atoms with Crippen molar-refractivity contribution in [3.8, 4) is 0 Å². The lowest BCUT2D eigenvalue weighted by atomic mass is 9.96. The zero-order valence-electron chi connectivity index (χ0n) is 18.5. The van der Waals surface area contributed by atoms with Crippen molar-refractivity contribution in [3.05, 3.63) is 30.6 Å². The van der Waals surface area contributed by atoms with Gasteiger partial charge in [-0.15, -0.1) is 0 Å². The minimum atomic E-state index is -0.553. The van der Waals surface area contributed by atoms with Crippen molar-refractivity contribution in [1.82, 2.24) is 25.2 Å². The molecular weight excluding hydrogens is 400 g/mol. The molecule has 2 amide bonds. The number of anilines is 1. The standard InChI is InChI=1S/C21H30N6O4/c1-6-17(28)27-8-7-26(12-21(27,3)13-31-5)16-10-23-19-18(25-16)15(9-22-19)20(29)24-14(2)11-30-4/h6,9-10,14H,1,7-8,11-13H2,2-5H3,(H,22,23)(H,24,29). The molecular formula is C21H30N6O4. The molecule has 2 atom stereocenters. The van der Waals surface area contributed by atoms with Gasteiger partial charge in [-0.25, -0.2) is 9.97 Å². The van der Waals surface area contributed by atoms with E-state index in [-0.39, 0.29) is 17.9 Å². The Labute approximate surface area is 181 Å². The molecule has 2 unspecified atom stereocenters. The summed E-state index contributed by atoms with van der Waals surface area (Å²) in [5.74, 6) is 0.266. The summed E-state index contributed by atoms with van der Waals surface area (Å²) in [6.45, 7) is 9.82. The molecule has 2 aromatic heterocycles. The number of nitrogens with one attached hydrogen (secondary N) is 2. The monoisotopic (exact) mass is 430 g/mol. The Balaban J connectivity index is 1.87. The zero-order chi connectivity index (χ0) is 22.6. The summed E-state index contributed by atoms with van der Waals surface area (Å²) < 4.78 is 10.5. The number of piperazine rings is 1. The van der Waals surface area contributed by atoms with Crippen molar-refractivity contribution in [2.75, 3.05) is 52.0 Å². The van der Waals surface area contributed by atoms with E-state index in [9.17, 15) is 9.59 Å². The van der Waals surface area contributed by atoms with Crippen molar-refractivity contribution in [2.45, 2.75) is 25.4 Å².